The lowest BCUT2D eigenvalue weighted by molar-refractivity contribution is -0.123. The smallest absolute Gasteiger partial charge is 0.427 e. The highest BCUT2D eigenvalue weighted by Crippen LogP contribution is 2.30. The first-order valence-corrected chi connectivity index (χ1v) is 5.98. The molecule has 1 amide bonds. The van der Waals surface area contributed by atoms with Crippen molar-refractivity contribution in [1.29, 1.82) is 0 Å². The van der Waals surface area contributed by atoms with Gasteiger partial charge in [-0.25, -0.2) is 0 Å². The lowest BCUT2D eigenvalue weighted by Crippen LogP contribution is -2.52. The summed E-state index contributed by atoms with van der Waals surface area (Å²) >= 11 is 0. The third-order valence-electron chi connectivity index (χ3n) is 3.58. The minimum Gasteiger partial charge on any atom is -0.427 e. The standard InChI is InChI=1S/C11H22BNO4/c1-10(2,15)11(3,4)17-12(16)8-5-6-13-9(14)7-8/h8,15-16H,5-7H2,1-4H3,(H,13,14). The third-order valence-corrected chi connectivity index (χ3v) is 3.58. The number of carbonyl (C=O) groups is 1. The second kappa shape index (κ2) is 4.96. The van der Waals surface area contributed by atoms with Crippen molar-refractivity contribution in [3.8, 4) is 0 Å². The lowest BCUT2D eigenvalue weighted by atomic mass is 9.66. The van der Waals surface area contributed by atoms with Crippen LogP contribution in [0.25, 0.3) is 0 Å². The van der Waals surface area contributed by atoms with Gasteiger partial charge in [0, 0.05) is 18.8 Å². The summed E-state index contributed by atoms with van der Waals surface area (Å²) in [7, 11) is -1.03. The number of nitrogens with one attached hydrogen (secondary N) is 1. The molecule has 0 bridgehead atoms. The van der Waals surface area contributed by atoms with Crippen LogP contribution in [0.3, 0.4) is 0 Å². The van der Waals surface area contributed by atoms with Crippen LogP contribution >= 0.6 is 0 Å². The fourth-order valence-electron chi connectivity index (χ4n) is 1.60. The van der Waals surface area contributed by atoms with Crippen LogP contribution in [0.15, 0.2) is 0 Å². The topological polar surface area (TPSA) is 78.8 Å². The number of piperidine rings is 1. The molecule has 17 heavy (non-hydrogen) atoms. The van der Waals surface area contributed by atoms with Gasteiger partial charge in [0.2, 0.25) is 5.91 Å². The van der Waals surface area contributed by atoms with Gasteiger partial charge in [-0.15, -0.1) is 0 Å². The second-order valence-corrected chi connectivity index (χ2v) is 5.68. The highest BCUT2D eigenvalue weighted by Gasteiger charge is 2.42. The predicted molar refractivity (Wildman–Crippen MR) is 65.4 cm³/mol. The molecule has 0 aromatic heterocycles. The summed E-state index contributed by atoms with van der Waals surface area (Å²) in [4.78, 5) is 11.2. The molecular weight excluding hydrogens is 221 g/mol. The number of hydrogen-bond donors (Lipinski definition) is 3. The molecule has 1 aliphatic rings. The summed E-state index contributed by atoms with van der Waals surface area (Å²) in [5.41, 5.74) is -1.94. The van der Waals surface area contributed by atoms with Gasteiger partial charge in [-0.1, -0.05) is 0 Å². The maximum absolute atomic E-state index is 11.2. The summed E-state index contributed by atoms with van der Waals surface area (Å²) in [5.74, 6) is -0.268. The van der Waals surface area contributed by atoms with Crippen molar-refractivity contribution in [2.45, 2.75) is 57.6 Å². The first-order chi connectivity index (χ1) is 7.63. The van der Waals surface area contributed by atoms with Crippen molar-refractivity contribution in [2.24, 2.45) is 0 Å². The average Bonchev–Trinajstić information content (AvgIpc) is 2.15. The van der Waals surface area contributed by atoms with Crippen molar-refractivity contribution < 1.29 is 19.6 Å². The van der Waals surface area contributed by atoms with Crippen molar-refractivity contribution in [3.63, 3.8) is 0 Å². The fraction of sp³-hybridized carbons (Fsp3) is 0.909. The summed E-state index contributed by atoms with van der Waals surface area (Å²) in [5, 5.41) is 22.6. The number of aliphatic hydroxyl groups is 1. The Labute approximate surface area is 103 Å². The molecule has 1 fully saturated rings. The Morgan fingerprint density at radius 1 is 1.41 bits per heavy atom. The molecule has 6 heteroatoms. The monoisotopic (exact) mass is 243 g/mol. The Morgan fingerprint density at radius 2 is 2.00 bits per heavy atom. The summed E-state index contributed by atoms with van der Waals surface area (Å²) in [6.45, 7) is 7.27. The van der Waals surface area contributed by atoms with Gasteiger partial charge >= 0.3 is 7.12 Å². The summed E-state index contributed by atoms with van der Waals surface area (Å²) in [6.07, 6.45) is 0.956. The van der Waals surface area contributed by atoms with Gasteiger partial charge in [-0.2, -0.15) is 0 Å². The summed E-state index contributed by atoms with van der Waals surface area (Å²) < 4.78 is 5.52. The minimum atomic E-state index is -1.06. The van der Waals surface area contributed by atoms with Gasteiger partial charge < -0.3 is 20.1 Å². The van der Waals surface area contributed by atoms with Gasteiger partial charge in [0.15, 0.2) is 0 Å². The Morgan fingerprint density at radius 3 is 2.47 bits per heavy atom. The van der Waals surface area contributed by atoms with Crippen LogP contribution in [-0.4, -0.2) is 40.9 Å². The van der Waals surface area contributed by atoms with Crippen LogP contribution in [-0.2, 0) is 9.45 Å². The van der Waals surface area contributed by atoms with E-state index in [4.69, 9.17) is 4.65 Å². The Balaban J connectivity index is 2.59. The highest BCUT2D eigenvalue weighted by molar-refractivity contribution is 6.45. The van der Waals surface area contributed by atoms with E-state index in [0.29, 0.717) is 13.0 Å². The van der Waals surface area contributed by atoms with Crippen LogP contribution < -0.4 is 5.32 Å². The van der Waals surface area contributed by atoms with Gasteiger partial charge in [0.25, 0.3) is 0 Å². The van der Waals surface area contributed by atoms with E-state index in [2.05, 4.69) is 5.32 Å². The van der Waals surface area contributed by atoms with Crippen molar-refractivity contribution in [3.05, 3.63) is 0 Å². The fourth-order valence-corrected chi connectivity index (χ4v) is 1.60. The van der Waals surface area contributed by atoms with Crippen molar-refractivity contribution in [1.82, 2.24) is 5.32 Å². The Hall–Kier alpha value is -0.585. The molecule has 1 aliphatic heterocycles. The van der Waals surface area contributed by atoms with E-state index >= 15 is 0 Å². The number of rotatable bonds is 4. The van der Waals surface area contributed by atoms with E-state index in [1.807, 2.05) is 0 Å². The van der Waals surface area contributed by atoms with Crippen LogP contribution in [0.1, 0.15) is 40.5 Å². The molecule has 0 radical (unpaired) electrons. The van der Waals surface area contributed by atoms with E-state index in [1.165, 1.54) is 0 Å². The Kier molecular flexibility index (Phi) is 4.22. The van der Waals surface area contributed by atoms with Crippen LogP contribution in [0.4, 0.5) is 0 Å². The highest BCUT2D eigenvalue weighted by atomic mass is 16.5. The maximum atomic E-state index is 11.2. The molecule has 1 unspecified atom stereocenters. The van der Waals surface area contributed by atoms with Gasteiger partial charge in [-0.3, -0.25) is 4.79 Å². The van der Waals surface area contributed by atoms with Crippen LogP contribution in [0.2, 0.25) is 5.82 Å². The molecule has 0 spiro atoms. The third kappa shape index (κ3) is 3.69. The quantitative estimate of drug-likeness (QED) is 0.621. The van der Waals surface area contributed by atoms with Gasteiger partial charge in [0.1, 0.15) is 0 Å². The molecule has 1 saturated heterocycles. The van der Waals surface area contributed by atoms with E-state index in [9.17, 15) is 14.9 Å². The van der Waals surface area contributed by atoms with Crippen molar-refractivity contribution >= 4 is 13.0 Å². The molecule has 1 rings (SSSR count). The first-order valence-electron chi connectivity index (χ1n) is 5.98. The van der Waals surface area contributed by atoms with Crippen molar-refractivity contribution in [2.75, 3.05) is 6.54 Å². The lowest BCUT2D eigenvalue weighted by Gasteiger charge is -2.40. The maximum Gasteiger partial charge on any atom is 0.458 e. The first kappa shape index (κ1) is 14.5. The molecule has 0 saturated carbocycles. The van der Waals surface area contributed by atoms with E-state index < -0.39 is 18.3 Å². The number of hydrogen-bond acceptors (Lipinski definition) is 4. The normalized spacial score (nSPS) is 22.2. The molecular formula is C11H22BNO4. The van der Waals surface area contributed by atoms with Gasteiger partial charge in [-0.05, 0) is 34.1 Å². The zero-order valence-electron chi connectivity index (χ0n) is 11.0. The zero-order chi connectivity index (χ0) is 13.3. The summed E-state index contributed by atoms with van der Waals surface area (Å²) in [6, 6.07) is 0. The van der Waals surface area contributed by atoms with Crippen LogP contribution in [0, 0.1) is 0 Å². The van der Waals surface area contributed by atoms with Crippen LogP contribution in [0.5, 0.6) is 0 Å². The number of carbonyl (C=O) groups excluding carboxylic acids is 1. The minimum absolute atomic E-state index is 0.0648. The van der Waals surface area contributed by atoms with E-state index in [0.717, 1.165) is 0 Å². The second-order valence-electron chi connectivity index (χ2n) is 5.68. The molecule has 0 aromatic rings. The molecule has 1 heterocycles. The largest absolute Gasteiger partial charge is 0.458 e. The SMILES string of the molecule is CC(C)(O)C(C)(C)OB(O)C1CCNC(=O)C1. The van der Waals surface area contributed by atoms with E-state index in [-0.39, 0.29) is 18.1 Å². The number of amides is 1. The Bertz CT molecular complexity index is 288. The molecule has 3 N–H and O–H groups in total. The predicted octanol–water partition coefficient (Wildman–Crippen LogP) is 0.313. The molecule has 0 aliphatic carbocycles. The molecule has 5 nitrogen and oxygen atoms in total. The average molecular weight is 243 g/mol. The van der Waals surface area contributed by atoms with Gasteiger partial charge in [0.05, 0.1) is 11.2 Å². The molecule has 1 atom stereocenters. The zero-order valence-corrected chi connectivity index (χ0v) is 11.0. The molecule has 0 aromatic carbocycles. The molecule has 98 valence electrons. The van der Waals surface area contributed by atoms with E-state index in [1.54, 1.807) is 27.7 Å².